The first-order valence-electron chi connectivity index (χ1n) is 8.88. The van der Waals surface area contributed by atoms with Crippen molar-refractivity contribution < 1.29 is 4.79 Å². The summed E-state index contributed by atoms with van der Waals surface area (Å²) < 4.78 is 0. The smallest absolute Gasteiger partial charge is 0.224 e. The lowest BCUT2D eigenvalue weighted by Crippen LogP contribution is -2.37. The van der Waals surface area contributed by atoms with E-state index in [0.717, 1.165) is 19.4 Å². The van der Waals surface area contributed by atoms with Crippen molar-refractivity contribution in [2.45, 2.75) is 85.5 Å². The predicted octanol–water partition coefficient (Wildman–Crippen LogP) is 4.25. The van der Waals surface area contributed by atoms with Gasteiger partial charge in [0.15, 0.2) is 0 Å². The molecule has 0 heterocycles. The van der Waals surface area contributed by atoms with Crippen LogP contribution in [0.25, 0.3) is 0 Å². The van der Waals surface area contributed by atoms with Gasteiger partial charge in [0.05, 0.1) is 5.92 Å². The highest BCUT2D eigenvalue weighted by Gasteiger charge is 2.23. The highest BCUT2D eigenvalue weighted by Crippen LogP contribution is 2.23. The topological polar surface area (TPSA) is 55.1 Å². The Kier molecular flexibility index (Phi) is 11.7. The Morgan fingerprint density at radius 2 is 1.52 bits per heavy atom. The molecule has 3 nitrogen and oxygen atoms in total. The monoisotopic (exact) mass is 298 g/mol. The molecule has 21 heavy (non-hydrogen) atoms. The lowest BCUT2D eigenvalue weighted by Gasteiger charge is -2.24. The van der Waals surface area contributed by atoms with E-state index in [2.05, 4.69) is 33.0 Å². The van der Waals surface area contributed by atoms with Crippen LogP contribution >= 0.6 is 0 Å². The number of carbonyl (C=O) groups is 1. The van der Waals surface area contributed by atoms with Gasteiger partial charge in [0.1, 0.15) is 0 Å². The third-order valence-corrected chi connectivity index (χ3v) is 3.84. The van der Waals surface area contributed by atoms with E-state index < -0.39 is 0 Å². The summed E-state index contributed by atoms with van der Waals surface area (Å²) >= 11 is 0. The molecule has 0 saturated heterocycles. The molecular formula is C18H38N2O. The minimum atomic E-state index is -0.0426. The molecule has 0 bridgehead atoms. The molecule has 0 aliphatic heterocycles. The Morgan fingerprint density at radius 3 is 2.00 bits per heavy atom. The van der Waals surface area contributed by atoms with E-state index in [1.165, 1.54) is 44.9 Å². The van der Waals surface area contributed by atoms with Crippen molar-refractivity contribution in [3.05, 3.63) is 0 Å². The quantitative estimate of drug-likeness (QED) is 0.529. The summed E-state index contributed by atoms with van der Waals surface area (Å²) in [6.07, 6.45) is 11.2. The van der Waals surface area contributed by atoms with E-state index in [9.17, 15) is 4.79 Å². The van der Waals surface area contributed by atoms with Crippen LogP contribution in [0.1, 0.15) is 85.5 Å². The van der Waals surface area contributed by atoms with Crippen LogP contribution in [-0.2, 0) is 4.79 Å². The number of rotatable bonds is 12. The standard InChI is InChI=1S/C18H38N2O/c1-5-6-7-8-9-10-11-12-13-20-17(21)16(15-19)14-18(2,3)4/h16H,5-15,19H2,1-4H3,(H,20,21). The summed E-state index contributed by atoms with van der Waals surface area (Å²) in [5.41, 5.74) is 5.88. The summed E-state index contributed by atoms with van der Waals surface area (Å²) in [6.45, 7) is 9.95. The van der Waals surface area contributed by atoms with Crippen molar-refractivity contribution >= 4 is 5.91 Å². The van der Waals surface area contributed by atoms with E-state index >= 15 is 0 Å². The summed E-state index contributed by atoms with van der Waals surface area (Å²) in [5, 5.41) is 3.05. The van der Waals surface area contributed by atoms with Crippen LogP contribution < -0.4 is 11.1 Å². The molecule has 0 saturated carbocycles. The maximum atomic E-state index is 12.1. The number of amides is 1. The molecule has 3 heteroatoms. The summed E-state index contributed by atoms with van der Waals surface area (Å²) in [4.78, 5) is 12.1. The number of hydrogen-bond donors (Lipinski definition) is 2. The summed E-state index contributed by atoms with van der Waals surface area (Å²) in [7, 11) is 0. The van der Waals surface area contributed by atoms with Crippen LogP contribution in [0.3, 0.4) is 0 Å². The molecule has 0 aliphatic rings. The fourth-order valence-electron chi connectivity index (χ4n) is 2.64. The number of carbonyl (C=O) groups excluding carboxylic acids is 1. The second-order valence-electron chi connectivity index (χ2n) is 7.46. The molecule has 0 aliphatic carbocycles. The van der Waals surface area contributed by atoms with Crippen LogP contribution in [-0.4, -0.2) is 19.0 Å². The average Bonchev–Trinajstić information content (AvgIpc) is 2.41. The van der Waals surface area contributed by atoms with Crippen molar-refractivity contribution in [1.29, 1.82) is 0 Å². The fraction of sp³-hybridized carbons (Fsp3) is 0.944. The van der Waals surface area contributed by atoms with E-state index in [-0.39, 0.29) is 17.2 Å². The molecule has 0 spiro atoms. The molecule has 1 amide bonds. The molecule has 1 unspecified atom stereocenters. The van der Waals surface area contributed by atoms with Gasteiger partial charge in [-0.05, 0) is 18.3 Å². The number of nitrogens with one attached hydrogen (secondary N) is 1. The van der Waals surface area contributed by atoms with Gasteiger partial charge in [-0.15, -0.1) is 0 Å². The molecule has 1 atom stereocenters. The van der Waals surface area contributed by atoms with Crippen molar-refractivity contribution in [2.24, 2.45) is 17.1 Å². The van der Waals surface area contributed by atoms with Crippen molar-refractivity contribution in [2.75, 3.05) is 13.1 Å². The molecule has 3 N–H and O–H groups in total. The van der Waals surface area contributed by atoms with E-state index in [1.54, 1.807) is 0 Å². The number of hydrogen-bond acceptors (Lipinski definition) is 2. The van der Waals surface area contributed by atoms with Crippen LogP contribution in [0.2, 0.25) is 0 Å². The second kappa shape index (κ2) is 12.0. The van der Waals surface area contributed by atoms with Gasteiger partial charge >= 0.3 is 0 Å². The van der Waals surface area contributed by atoms with Crippen molar-refractivity contribution in [3.8, 4) is 0 Å². The van der Waals surface area contributed by atoms with Crippen LogP contribution in [0, 0.1) is 11.3 Å². The molecule has 0 aromatic carbocycles. The van der Waals surface area contributed by atoms with E-state index in [4.69, 9.17) is 5.73 Å². The van der Waals surface area contributed by atoms with Crippen LogP contribution in [0.5, 0.6) is 0 Å². The lowest BCUT2D eigenvalue weighted by molar-refractivity contribution is -0.125. The maximum absolute atomic E-state index is 12.1. The summed E-state index contributed by atoms with van der Waals surface area (Å²) in [6, 6.07) is 0. The Bertz CT molecular complexity index is 258. The first-order chi connectivity index (χ1) is 9.90. The SMILES string of the molecule is CCCCCCCCCCNC(=O)C(CN)CC(C)(C)C. The molecule has 0 aromatic rings. The van der Waals surface area contributed by atoms with E-state index in [1.807, 2.05) is 0 Å². The van der Waals surface area contributed by atoms with Crippen molar-refractivity contribution in [3.63, 3.8) is 0 Å². The Morgan fingerprint density at radius 1 is 1.00 bits per heavy atom. The first-order valence-corrected chi connectivity index (χ1v) is 8.88. The minimum Gasteiger partial charge on any atom is -0.356 e. The lowest BCUT2D eigenvalue weighted by atomic mass is 9.84. The average molecular weight is 299 g/mol. The Labute approximate surface area is 132 Å². The third kappa shape index (κ3) is 12.9. The van der Waals surface area contributed by atoms with Crippen LogP contribution in [0.4, 0.5) is 0 Å². The normalized spacial score (nSPS) is 13.2. The number of unbranched alkanes of at least 4 members (excludes halogenated alkanes) is 7. The van der Waals surface area contributed by atoms with Gasteiger partial charge in [0, 0.05) is 13.1 Å². The minimum absolute atomic E-state index is 0.0426. The van der Waals surface area contributed by atoms with Gasteiger partial charge in [-0.2, -0.15) is 0 Å². The predicted molar refractivity (Wildman–Crippen MR) is 92.2 cm³/mol. The molecular weight excluding hydrogens is 260 g/mol. The van der Waals surface area contributed by atoms with Gasteiger partial charge in [0.25, 0.3) is 0 Å². The summed E-state index contributed by atoms with van der Waals surface area (Å²) in [5.74, 6) is 0.0921. The Balaban J connectivity index is 3.60. The first kappa shape index (κ1) is 20.4. The largest absolute Gasteiger partial charge is 0.356 e. The third-order valence-electron chi connectivity index (χ3n) is 3.84. The zero-order chi connectivity index (χ0) is 16.1. The number of nitrogens with two attached hydrogens (primary N) is 1. The van der Waals surface area contributed by atoms with Crippen molar-refractivity contribution in [1.82, 2.24) is 5.32 Å². The maximum Gasteiger partial charge on any atom is 0.224 e. The van der Waals surface area contributed by atoms with Gasteiger partial charge in [-0.1, -0.05) is 72.6 Å². The van der Waals surface area contributed by atoms with Gasteiger partial charge in [0.2, 0.25) is 5.91 Å². The highest BCUT2D eigenvalue weighted by molar-refractivity contribution is 5.78. The zero-order valence-corrected chi connectivity index (χ0v) is 14.8. The van der Waals surface area contributed by atoms with Gasteiger partial charge in [-0.3, -0.25) is 4.79 Å². The molecule has 0 aromatic heterocycles. The fourth-order valence-corrected chi connectivity index (χ4v) is 2.64. The second-order valence-corrected chi connectivity index (χ2v) is 7.46. The molecule has 126 valence electrons. The van der Waals surface area contributed by atoms with E-state index in [0.29, 0.717) is 6.54 Å². The van der Waals surface area contributed by atoms with Gasteiger partial charge in [-0.25, -0.2) is 0 Å². The zero-order valence-electron chi connectivity index (χ0n) is 14.8. The molecule has 0 rings (SSSR count). The molecule has 0 radical (unpaired) electrons. The molecule has 0 fully saturated rings. The Hall–Kier alpha value is -0.570. The van der Waals surface area contributed by atoms with Gasteiger partial charge < -0.3 is 11.1 Å². The highest BCUT2D eigenvalue weighted by atomic mass is 16.1. The van der Waals surface area contributed by atoms with Crippen LogP contribution in [0.15, 0.2) is 0 Å².